The van der Waals surface area contributed by atoms with Crippen LogP contribution in [0.1, 0.15) is 10.5 Å². The molecule has 0 N–H and O–H groups in total. The Bertz CT molecular complexity index is 293. The van der Waals surface area contributed by atoms with E-state index in [-0.39, 0.29) is 5.78 Å². The quantitative estimate of drug-likeness (QED) is 0.472. The maximum absolute atomic E-state index is 11.5. The molecule has 13 heavy (non-hydrogen) atoms. The molecule has 0 fully saturated rings. The van der Waals surface area contributed by atoms with Crippen molar-refractivity contribution in [1.82, 2.24) is 15.0 Å². The number of carbonyl (C=O) groups excluding carboxylic acids is 1. The Labute approximate surface area is 75.4 Å². The fraction of sp³-hybridized carbons (Fsp3) is 0.571. The van der Waals surface area contributed by atoms with Crippen LogP contribution < -0.4 is 0 Å². The van der Waals surface area contributed by atoms with Crippen LogP contribution in [0.3, 0.4) is 0 Å². The highest BCUT2D eigenvalue weighted by molar-refractivity contribution is 5.96. The SMILES string of the molecule is COC(OC)C(=O)c1cnnn1C. The van der Waals surface area contributed by atoms with E-state index in [1.54, 1.807) is 7.05 Å². The summed E-state index contributed by atoms with van der Waals surface area (Å²) in [6.45, 7) is 0. The van der Waals surface area contributed by atoms with Gasteiger partial charge in [0.25, 0.3) is 0 Å². The predicted molar refractivity (Wildman–Crippen MR) is 43.1 cm³/mol. The number of hydrogen-bond acceptors (Lipinski definition) is 5. The first-order chi connectivity index (χ1) is 6.20. The second-order valence-electron chi connectivity index (χ2n) is 2.41. The van der Waals surface area contributed by atoms with Gasteiger partial charge in [-0.1, -0.05) is 5.21 Å². The van der Waals surface area contributed by atoms with Crippen molar-refractivity contribution in [3.8, 4) is 0 Å². The van der Waals surface area contributed by atoms with E-state index >= 15 is 0 Å². The Morgan fingerprint density at radius 3 is 2.54 bits per heavy atom. The maximum Gasteiger partial charge on any atom is 0.238 e. The number of aryl methyl sites for hydroxylation is 1. The van der Waals surface area contributed by atoms with Gasteiger partial charge in [0.15, 0.2) is 0 Å². The second-order valence-corrected chi connectivity index (χ2v) is 2.41. The Morgan fingerprint density at radius 1 is 1.54 bits per heavy atom. The third-order valence-electron chi connectivity index (χ3n) is 1.61. The Hall–Kier alpha value is -1.27. The summed E-state index contributed by atoms with van der Waals surface area (Å²) in [6.07, 6.45) is 0.477. The molecule has 0 aliphatic heterocycles. The van der Waals surface area contributed by atoms with Gasteiger partial charge in [-0.25, -0.2) is 4.68 Å². The van der Waals surface area contributed by atoms with E-state index in [2.05, 4.69) is 10.3 Å². The number of ketones is 1. The zero-order valence-corrected chi connectivity index (χ0v) is 7.72. The van der Waals surface area contributed by atoms with Gasteiger partial charge in [0.2, 0.25) is 12.1 Å². The van der Waals surface area contributed by atoms with Crippen molar-refractivity contribution in [2.24, 2.45) is 7.05 Å². The summed E-state index contributed by atoms with van der Waals surface area (Å²) < 4.78 is 11.0. The lowest BCUT2D eigenvalue weighted by atomic mass is 10.3. The van der Waals surface area contributed by atoms with Crippen molar-refractivity contribution in [1.29, 1.82) is 0 Å². The van der Waals surface area contributed by atoms with E-state index in [1.165, 1.54) is 25.1 Å². The molecule has 72 valence electrons. The molecule has 0 radical (unpaired) electrons. The van der Waals surface area contributed by atoms with Crippen LogP contribution in [0, 0.1) is 0 Å². The van der Waals surface area contributed by atoms with E-state index in [0.29, 0.717) is 5.69 Å². The normalized spacial score (nSPS) is 10.8. The maximum atomic E-state index is 11.5. The van der Waals surface area contributed by atoms with Crippen molar-refractivity contribution in [2.75, 3.05) is 14.2 Å². The third-order valence-corrected chi connectivity index (χ3v) is 1.61. The third kappa shape index (κ3) is 1.90. The highest BCUT2D eigenvalue weighted by Crippen LogP contribution is 2.03. The first-order valence-electron chi connectivity index (χ1n) is 3.65. The molecule has 6 heteroatoms. The molecule has 6 nitrogen and oxygen atoms in total. The molecule has 0 saturated heterocycles. The number of nitrogens with zero attached hydrogens (tertiary/aromatic N) is 3. The molecule has 1 aromatic heterocycles. The molecule has 1 aromatic rings. The van der Waals surface area contributed by atoms with Gasteiger partial charge in [-0.05, 0) is 0 Å². The molecule has 0 saturated carbocycles. The summed E-state index contributed by atoms with van der Waals surface area (Å²) >= 11 is 0. The van der Waals surface area contributed by atoms with Gasteiger partial charge in [-0.2, -0.15) is 0 Å². The number of methoxy groups -OCH3 is 2. The molecule has 0 aliphatic rings. The van der Waals surface area contributed by atoms with E-state index in [0.717, 1.165) is 0 Å². The van der Waals surface area contributed by atoms with E-state index in [1.807, 2.05) is 0 Å². The average molecular weight is 185 g/mol. The van der Waals surface area contributed by atoms with Crippen molar-refractivity contribution < 1.29 is 14.3 Å². The fourth-order valence-corrected chi connectivity index (χ4v) is 0.944. The summed E-state index contributed by atoms with van der Waals surface area (Å²) in [6, 6.07) is 0. The predicted octanol–water partition coefficient (Wildman–Crippen LogP) is -0.383. The van der Waals surface area contributed by atoms with Crippen LogP contribution in [0.2, 0.25) is 0 Å². The molecule has 1 heterocycles. The van der Waals surface area contributed by atoms with Crippen molar-refractivity contribution in [2.45, 2.75) is 6.29 Å². The van der Waals surface area contributed by atoms with E-state index < -0.39 is 6.29 Å². The van der Waals surface area contributed by atoms with Crippen molar-refractivity contribution in [3.63, 3.8) is 0 Å². The Balaban J connectivity index is 2.84. The van der Waals surface area contributed by atoms with Gasteiger partial charge in [0, 0.05) is 21.3 Å². The van der Waals surface area contributed by atoms with Gasteiger partial charge >= 0.3 is 0 Å². The molecule has 0 spiro atoms. The first-order valence-corrected chi connectivity index (χ1v) is 3.65. The minimum absolute atomic E-state index is 0.294. The van der Waals surface area contributed by atoms with Gasteiger partial charge in [0.05, 0.1) is 6.20 Å². The van der Waals surface area contributed by atoms with Gasteiger partial charge in [-0.3, -0.25) is 4.79 Å². The fourth-order valence-electron chi connectivity index (χ4n) is 0.944. The van der Waals surface area contributed by atoms with Crippen LogP contribution in [0.15, 0.2) is 6.20 Å². The Kier molecular flexibility index (Phi) is 3.10. The molecule has 0 aromatic carbocycles. The lowest BCUT2D eigenvalue weighted by molar-refractivity contribution is -0.0746. The average Bonchev–Trinajstić information content (AvgIpc) is 2.53. The number of carbonyl (C=O) groups is 1. The van der Waals surface area contributed by atoms with Crippen LogP contribution in [-0.2, 0) is 16.5 Å². The van der Waals surface area contributed by atoms with E-state index in [9.17, 15) is 4.79 Å². The molecule has 0 aliphatic carbocycles. The van der Waals surface area contributed by atoms with Crippen LogP contribution in [0.25, 0.3) is 0 Å². The first kappa shape index (κ1) is 9.82. The zero-order chi connectivity index (χ0) is 9.84. The summed E-state index contributed by atoms with van der Waals surface area (Å²) in [5.74, 6) is -0.294. The summed E-state index contributed by atoms with van der Waals surface area (Å²) in [7, 11) is 4.42. The molecular formula is C7H11N3O3. The van der Waals surface area contributed by atoms with Crippen molar-refractivity contribution >= 4 is 5.78 Å². The molecule has 1 rings (SSSR count). The number of Topliss-reactive ketones (excluding diaryl/α,β-unsaturated/α-hetero) is 1. The Morgan fingerprint density at radius 2 is 2.15 bits per heavy atom. The molecule has 0 unspecified atom stereocenters. The largest absolute Gasteiger partial charge is 0.349 e. The number of ether oxygens (including phenoxy) is 2. The van der Waals surface area contributed by atoms with Crippen LogP contribution in [-0.4, -0.2) is 41.3 Å². The summed E-state index contributed by atoms with van der Waals surface area (Å²) in [5.41, 5.74) is 0.355. The monoisotopic (exact) mass is 185 g/mol. The highest BCUT2D eigenvalue weighted by atomic mass is 16.7. The molecular weight excluding hydrogens is 174 g/mol. The standard InChI is InChI=1S/C7H11N3O3/c1-10-5(4-8-9-10)6(11)7(12-2)13-3/h4,7H,1-3H3. The topological polar surface area (TPSA) is 66.2 Å². The number of hydrogen-bond donors (Lipinski definition) is 0. The van der Waals surface area contributed by atoms with Gasteiger partial charge in [0.1, 0.15) is 5.69 Å². The number of rotatable bonds is 4. The van der Waals surface area contributed by atoms with Crippen LogP contribution >= 0.6 is 0 Å². The molecule has 0 amide bonds. The van der Waals surface area contributed by atoms with Crippen LogP contribution in [0.5, 0.6) is 0 Å². The lowest BCUT2D eigenvalue weighted by Crippen LogP contribution is -2.26. The second kappa shape index (κ2) is 4.11. The van der Waals surface area contributed by atoms with E-state index in [4.69, 9.17) is 9.47 Å². The van der Waals surface area contributed by atoms with Gasteiger partial charge in [-0.15, -0.1) is 5.10 Å². The molecule has 0 atom stereocenters. The minimum Gasteiger partial charge on any atom is -0.349 e. The van der Waals surface area contributed by atoms with Gasteiger partial charge < -0.3 is 9.47 Å². The number of aromatic nitrogens is 3. The lowest BCUT2D eigenvalue weighted by Gasteiger charge is -2.10. The summed E-state index contributed by atoms with van der Waals surface area (Å²) in [4.78, 5) is 11.5. The minimum atomic E-state index is -0.891. The highest BCUT2D eigenvalue weighted by Gasteiger charge is 2.21. The van der Waals surface area contributed by atoms with Crippen LogP contribution in [0.4, 0.5) is 0 Å². The smallest absolute Gasteiger partial charge is 0.238 e. The zero-order valence-electron chi connectivity index (χ0n) is 7.72. The van der Waals surface area contributed by atoms with Crippen molar-refractivity contribution in [3.05, 3.63) is 11.9 Å². The summed E-state index contributed by atoms with van der Waals surface area (Å²) in [5, 5.41) is 7.20. The molecule has 0 bridgehead atoms.